The highest BCUT2D eigenvalue weighted by Crippen LogP contribution is 2.17. The monoisotopic (exact) mass is 207 g/mol. The van der Waals surface area contributed by atoms with E-state index >= 15 is 0 Å². The van der Waals surface area contributed by atoms with Crippen molar-refractivity contribution < 1.29 is 9.90 Å². The van der Waals surface area contributed by atoms with Crippen LogP contribution in [0.3, 0.4) is 0 Å². The summed E-state index contributed by atoms with van der Waals surface area (Å²) in [7, 11) is 0. The number of aryl methyl sites for hydroxylation is 1. The fourth-order valence-corrected chi connectivity index (χ4v) is 1.32. The van der Waals surface area contributed by atoms with Gasteiger partial charge in [-0.05, 0) is 32.4 Å². The van der Waals surface area contributed by atoms with E-state index in [-0.39, 0.29) is 6.04 Å². The number of carboxylic acids is 1. The SMILES string of the molecule is Cc1ccccc1NC(C)C(C)C(=O)O. The zero-order chi connectivity index (χ0) is 11.4. The molecule has 15 heavy (non-hydrogen) atoms. The van der Waals surface area contributed by atoms with Crippen molar-refractivity contribution in [3.63, 3.8) is 0 Å². The quantitative estimate of drug-likeness (QED) is 0.797. The molecule has 0 spiro atoms. The molecule has 0 amide bonds. The van der Waals surface area contributed by atoms with E-state index in [0.717, 1.165) is 11.3 Å². The van der Waals surface area contributed by atoms with Crippen molar-refractivity contribution in [2.75, 3.05) is 5.32 Å². The van der Waals surface area contributed by atoms with Crippen LogP contribution in [0.15, 0.2) is 24.3 Å². The summed E-state index contributed by atoms with van der Waals surface area (Å²) in [5, 5.41) is 12.1. The van der Waals surface area contributed by atoms with Crippen molar-refractivity contribution in [2.24, 2.45) is 5.92 Å². The van der Waals surface area contributed by atoms with Crippen LogP contribution in [-0.4, -0.2) is 17.1 Å². The van der Waals surface area contributed by atoms with Gasteiger partial charge in [-0.1, -0.05) is 18.2 Å². The first kappa shape index (κ1) is 11.6. The molecule has 0 bridgehead atoms. The van der Waals surface area contributed by atoms with Gasteiger partial charge in [0, 0.05) is 11.7 Å². The molecule has 3 heteroatoms. The van der Waals surface area contributed by atoms with Crippen LogP contribution in [0, 0.1) is 12.8 Å². The maximum atomic E-state index is 10.8. The van der Waals surface area contributed by atoms with Gasteiger partial charge < -0.3 is 10.4 Å². The number of hydrogen-bond acceptors (Lipinski definition) is 2. The van der Waals surface area contributed by atoms with Crippen molar-refractivity contribution in [1.29, 1.82) is 0 Å². The molecular formula is C12H17NO2. The topological polar surface area (TPSA) is 49.3 Å². The molecule has 2 atom stereocenters. The van der Waals surface area contributed by atoms with Crippen LogP contribution < -0.4 is 5.32 Å². The summed E-state index contributed by atoms with van der Waals surface area (Å²) in [4.78, 5) is 10.8. The van der Waals surface area contributed by atoms with Gasteiger partial charge in [0.15, 0.2) is 0 Å². The van der Waals surface area contributed by atoms with Crippen molar-refractivity contribution in [2.45, 2.75) is 26.8 Å². The minimum atomic E-state index is -0.774. The van der Waals surface area contributed by atoms with Gasteiger partial charge in [0.1, 0.15) is 0 Å². The molecule has 1 rings (SSSR count). The van der Waals surface area contributed by atoms with E-state index in [1.54, 1.807) is 6.92 Å². The molecule has 0 saturated carbocycles. The molecule has 0 radical (unpaired) electrons. The van der Waals surface area contributed by atoms with E-state index in [2.05, 4.69) is 5.32 Å². The number of para-hydroxylation sites is 1. The Hall–Kier alpha value is -1.51. The lowest BCUT2D eigenvalue weighted by Crippen LogP contribution is -2.29. The lowest BCUT2D eigenvalue weighted by Gasteiger charge is -2.20. The lowest BCUT2D eigenvalue weighted by atomic mass is 10.0. The molecule has 0 aliphatic carbocycles. The molecule has 1 aromatic rings. The maximum Gasteiger partial charge on any atom is 0.308 e. The summed E-state index contributed by atoms with van der Waals surface area (Å²) in [5.41, 5.74) is 2.13. The molecule has 0 saturated heterocycles. The zero-order valence-corrected chi connectivity index (χ0v) is 9.32. The number of carbonyl (C=O) groups is 1. The summed E-state index contributed by atoms with van der Waals surface area (Å²) in [6, 6.07) is 7.78. The van der Waals surface area contributed by atoms with Crippen molar-refractivity contribution in [3.8, 4) is 0 Å². The van der Waals surface area contributed by atoms with E-state index in [1.165, 1.54) is 0 Å². The third-order valence-electron chi connectivity index (χ3n) is 2.67. The minimum Gasteiger partial charge on any atom is -0.481 e. The largest absolute Gasteiger partial charge is 0.481 e. The molecule has 0 fully saturated rings. The van der Waals surface area contributed by atoms with Crippen LogP contribution in [0.4, 0.5) is 5.69 Å². The van der Waals surface area contributed by atoms with Crippen LogP contribution in [-0.2, 0) is 4.79 Å². The Bertz CT molecular complexity index is 349. The predicted octanol–water partition coefficient (Wildman–Crippen LogP) is 2.52. The first-order chi connectivity index (χ1) is 7.02. The summed E-state index contributed by atoms with van der Waals surface area (Å²) in [5.74, 6) is -1.17. The molecule has 0 aromatic heterocycles. The lowest BCUT2D eigenvalue weighted by molar-refractivity contribution is -0.141. The van der Waals surface area contributed by atoms with E-state index in [9.17, 15) is 4.79 Å². The zero-order valence-electron chi connectivity index (χ0n) is 9.32. The van der Waals surface area contributed by atoms with Crippen LogP contribution in [0.1, 0.15) is 19.4 Å². The number of nitrogens with one attached hydrogen (secondary N) is 1. The number of anilines is 1. The summed E-state index contributed by atoms with van der Waals surface area (Å²) in [6.45, 7) is 5.59. The van der Waals surface area contributed by atoms with Gasteiger partial charge >= 0.3 is 5.97 Å². The number of hydrogen-bond donors (Lipinski definition) is 2. The number of carboxylic acid groups (broad SMARTS) is 1. The Morgan fingerprint density at radius 2 is 1.93 bits per heavy atom. The maximum absolute atomic E-state index is 10.8. The van der Waals surface area contributed by atoms with Crippen molar-refractivity contribution in [3.05, 3.63) is 29.8 Å². The van der Waals surface area contributed by atoms with Gasteiger partial charge in [-0.2, -0.15) is 0 Å². The molecule has 0 heterocycles. The first-order valence-corrected chi connectivity index (χ1v) is 5.07. The molecule has 3 nitrogen and oxygen atoms in total. The average Bonchev–Trinajstić information content (AvgIpc) is 2.20. The Labute approximate surface area is 90.1 Å². The second kappa shape index (κ2) is 4.82. The number of benzene rings is 1. The van der Waals surface area contributed by atoms with Crippen LogP contribution in [0.2, 0.25) is 0 Å². The van der Waals surface area contributed by atoms with Crippen LogP contribution in [0.5, 0.6) is 0 Å². The number of rotatable bonds is 4. The highest BCUT2D eigenvalue weighted by atomic mass is 16.4. The average molecular weight is 207 g/mol. The normalized spacial score (nSPS) is 14.3. The fraction of sp³-hybridized carbons (Fsp3) is 0.417. The first-order valence-electron chi connectivity index (χ1n) is 5.07. The predicted molar refractivity (Wildman–Crippen MR) is 61.1 cm³/mol. The van der Waals surface area contributed by atoms with Gasteiger partial charge in [0.25, 0.3) is 0 Å². The van der Waals surface area contributed by atoms with Gasteiger partial charge in [-0.3, -0.25) is 4.79 Å². The van der Waals surface area contributed by atoms with Crippen LogP contribution >= 0.6 is 0 Å². The number of aliphatic carboxylic acids is 1. The molecule has 0 aliphatic rings. The van der Waals surface area contributed by atoms with Gasteiger partial charge in [-0.15, -0.1) is 0 Å². The molecule has 1 aromatic carbocycles. The molecule has 2 N–H and O–H groups in total. The smallest absolute Gasteiger partial charge is 0.308 e. The van der Waals surface area contributed by atoms with E-state index in [0.29, 0.717) is 0 Å². The molecule has 82 valence electrons. The third-order valence-corrected chi connectivity index (χ3v) is 2.67. The van der Waals surface area contributed by atoms with Crippen molar-refractivity contribution >= 4 is 11.7 Å². The van der Waals surface area contributed by atoms with E-state index in [1.807, 2.05) is 38.1 Å². The van der Waals surface area contributed by atoms with E-state index in [4.69, 9.17) is 5.11 Å². The fourth-order valence-electron chi connectivity index (χ4n) is 1.32. The summed E-state index contributed by atoms with van der Waals surface area (Å²) < 4.78 is 0. The molecule has 2 unspecified atom stereocenters. The molecule has 0 aliphatic heterocycles. The summed E-state index contributed by atoms with van der Waals surface area (Å²) in [6.07, 6.45) is 0. The third kappa shape index (κ3) is 2.98. The highest BCUT2D eigenvalue weighted by molar-refractivity contribution is 5.71. The second-order valence-corrected chi connectivity index (χ2v) is 3.87. The Balaban J connectivity index is 2.70. The van der Waals surface area contributed by atoms with Crippen molar-refractivity contribution in [1.82, 2.24) is 0 Å². The van der Waals surface area contributed by atoms with Gasteiger partial charge in [-0.25, -0.2) is 0 Å². The molecular weight excluding hydrogens is 190 g/mol. The highest BCUT2D eigenvalue weighted by Gasteiger charge is 2.19. The Morgan fingerprint density at radius 1 is 1.33 bits per heavy atom. The van der Waals surface area contributed by atoms with Gasteiger partial charge in [0.05, 0.1) is 5.92 Å². The van der Waals surface area contributed by atoms with E-state index < -0.39 is 11.9 Å². The standard InChI is InChI=1S/C12H17NO2/c1-8-6-4-5-7-11(8)13-10(3)9(2)12(14)15/h4-7,9-10,13H,1-3H3,(H,14,15). The Kier molecular flexibility index (Phi) is 3.72. The Morgan fingerprint density at radius 3 is 2.47 bits per heavy atom. The summed E-state index contributed by atoms with van der Waals surface area (Å²) >= 11 is 0. The van der Waals surface area contributed by atoms with Crippen LogP contribution in [0.25, 0.3) is 0 Å². The minimum absolute atomic E-state index is 0.0800. The second-order valence-electron chi connectivity index (χ2n) is 3.87. The van der Waals surface area contributed by atoms with Gasteiger partial charge in [0.2, 0.25) is 0 Å².